The van der Waals surface area contributed by atoms with Gasteiger partial charge in [-0.3, -0.25) is 0 Å². The fraction of sp³-hybridized carbons (Fsp3) is 0.0909. The summed E-state index contributed by atoms with van der Waals surface area (Å²) >= 11 is 0. The lowest BCUT2D eigenvalue weighted by atomic mass is 9.99. The molecule has 0 aromatic heterocycles. The topological polar surface area (TPSA) is 59.3 Å². The fourth-order valence-electron chi connectivity index (χ4n) is 2.48. The highest BCUT2D eigenvalue weighted by atomic mass is 16.6. The Morgan fingerprint density at radius 1 is 0.885 bits per heavy atom. The van der Waals surface area contributed by atoms with E-state index in [0.29, 0.717) is 11.3 Å². The van der Waals surface area contributed by atoms with E-state index in [-0.39, 0.29) is 13.2 Å². The molecule has 0 unspecified atom stereocenters. The summed E-state index contributed by atoms with van der Waals surface area (Å²) in [5.41, 5.74) is 3.33. The molecule has 0 amide bonds. The van der Waals surface area contributed by atoms with Crippen LogP contribution in [0.3, 0.4) is 0 Å². The number of carbonyl (C=O) groups excluding carboxylic acids is 1. The molecule has 0 bridgehead atoms. The van der Waals surface area contributed by atoms with Gasteiger partial charge in [0.05, 0.1) is 11.6 Å². The van der Waals surface area contributed by atoms with Crippen molar-refractivity contribution in [1.29, 1.82) is 5.26 Å². The molecule has 3 rings (SSSR count). The Balaban J connectivity index is 1.54. The van der Waals surface area contributed by atoms with Crippen LogP contribution in [0.25, 0.3) is 11.1 Å². The second-order valence-electron chi connectivity index (χ2n) is 5.62. The number of hydrogen-bond donors (Lipinski definition) is 0. The van der Waals surface area contributed by atoms with Crippen molar-refractivity contribution in [3.63, 3.8) is 0 Å². The maximum Gasteiger partial charge on any atom is 0.344 e. The Hall–Kier alpha value is -3.58. The van der Waals surface area contributed by atoms with Crippen LogP contribution in [0, 0.1) is 11.3 Å². The number of nitriles is 1. The Morgan fingerprint density at radius 3 is 2.31 bits per heavy atom. The molecule has 0 radical (unpaired) electrons. The van der Waals surface area contributed by atoms with Gasteiger partial charge in [-0.15, -0.1) is 0 Å². The molecule has 0 heterocycles. The first-order chi connectivity index (χ1) is 12.8. The highest BCUT2D eigenvalue weighted by Crippen LogP contribution is 2.23. The normalized spacial score (nSPS) is 9.96. The molecule has 0 fully saturated rings. The van der Waals surface area contributed by atoms with Crippen LogP contribution in [0.2, 0.25) is 0 Å². The van der Waals surface area contributed by atoms with E-state index in [0.717, 1.165) is 16.7 Å². The number of esters is 1. The van der Waals surface area contributed by atoms with Gasteiger partial charge in [-0.1, -0.05) is 60.7 Å². The smallest absolute Gasteiger partial charge is 0.344 e. The van der Waals surface area contributed by atoms with E-state index in [9.17, 15) is 10.1 Å². The van der Waals surface area contributed by atoms with E-state index in [1.54, 1.807) is 18.2 Å². The lowest BCUT2D eigenvalue weighted by Crippen LogP contribution is -2.14. The number of benzene rings is 3. The summed E-state index contributed by atoms with van der Waals surface area (Å²) in [7, 11) is 0. The summed E-state index contributed by atoms with van der Waals surface area (Å²) in [5.74, 6) is 0.206. The van der Waals surface area contributed by atoms with Gasteiger partial charge in [-0.25, -0.2) is 4.79 Å². The summed E-state index contributed by atoms with van der Waals surface area (Å²) in [6.07, 6.45) is 0. The number of rotatable bonds is 6. The highest BCUT2D eigenvalue weighted by Gasteiger charge is 2.07. The van der Waals surface area contributed by atoms with Crippen molar-refractivity contribution < 1.29 is 14.3 Å². The second kappa shape index (κ2) is 8.50. The molecule has 0 N–H and O–H groups in total. The molecule has 0 saturated heterocycles. The van der Waals surface area contributed by atoms with Crippen LogP contribution in [0.1, 0.15) is 11.1 Å². The van der Waals surface area contributed by atoms with Crippen molar-refractivity contribution in [3.8, 4) is 22.9 Å². The summed E-state index contributed by atoms with van der Waals surface area (Å²) in [5, 5.41) is 9.19. The molecule has 0 saturated carbocycles. The number of nitrogens with zero attached hydrogens (tertiary/aromatic N) is 1. The highest BCUT2D eigenvalue weighted by molar-refractivity contribution is 5.72. The van der Waals surface area contributed by atoms with E-state index in [1.165, 1.54) is 0 Å². The zero-order valence-electron chi connectivity index (χ0n) is 14.1. The van der Waals surface area contributed by atoms with Crippen molar-refractivity contribution in [2.24, 2.45) is 0 Å². The van der Waals surface area contributed by atoms with Crippen LogP contribution < -0.4 is 4.74 Å². The molecule has 0 aliphatic heterocycles. The Labute approximate surface area is 152 Å². The van der Waals surface area contributed by atoms with E-state index in [1.807, 2.05) is 60.7 Å². The quantitative estimate of drug-likeness (QED) is 0.625. The van der Waals surface area contributed by atoms with Crippen LogP contribution in [0.4, 0.5) is 0 Å². The molecule has 0 aliphatic carbocycles. The Bertz CT molecular complexity index is 912. The summed E-state index contributed by atoms with van der Waals surface area (Å²) in [6, 6.07) is 26.4. The predicted molar refractivity (Wildman–Crippen MR) is 98.3 cm³/mol. The third-order valence-corrected chi connectivity index (χ3v) is 3.81. The first-order valence-corrected chi connectivity index (χ1v) is 8.18. The van der Waals surface area contributed by atoms with E-state index >= 15 is 0 Å². The zero-order chi connectivity index (χ0) is 18.2. The summed E-state index contributed by atoms with van der Waals surface area (Å²) < 4.78 is 10.6. The minimum Gasteiger partial charge on any atom is -0.482 e. The van der Waals surface area contributed by atoms with Crippen molar-refractivity contribution in [3.05, 3.63) is 90.0 Å². The molecule has 0 spiro atoms. The summed E-state index contributed by atoms with van der Waals surface area (Å²) in [4.78, 5) is 11.8. The fourth-order valence-corrected chi connectivity index (χ4v) is 2.48. The molecule has 0 atom stereocenters. The molecule has 3 aromatic carbocycles. The van der Waals surface area contributed by atoms with Crippen LogP contribution in [0.5, 0.6) is 5.75 Å². The van der Waals surface area contributed by atoms with Crippen molar-refractivity contribution in [1.82, 2.24) is 0 Å². The van der Waals surface area contributed by atoms with Crippen molar-refractivity contribution in [2.45, 2.75) is 6.61 Å². The average Bonchev–Trinajstić information content (AvgIpc) is 2.72. The van der Waals surface area contributed by atoms with Gasteiger partial charge in [0.2, 0.25) is 0 Å². The molecule has 128 valence electrons. The van der Waals surface area contributed by atoms with Gasteiger partial charge in [0.1, 0.15) is 12.4 Å². The van der Waals surface area contributed by atoms with Gasteiger partial charge in [0.15, 0.2) is 6.61 Å². The lowest BCUT2D eigenvalue weighted by Gasteiger charge is -2.08. The first-order valence-electron chi connectivity index (χ1n) is 8.18. The third-order valence-electron chi connectivity index (χ3n) is 3.81. The minimum atomic E-state index is -0.423. The van der Waals surface area contributed by atoms with Crippen molar-refractivity contribution in [2.75, 3.05) is 6.61 Å². The van der Waals surface area contributed by atoms with Gasteiger partial charge in [-0.2, -0.15) is 5.26 Å². The second-order valence-corrected chi connectivity index (χ2v) is 5.62. The maximum absolute atomic E-state index is 11.8. The van der Waals surface area contributed by atoms with Crippen LogP contribution >= 0.6 is 0 Å². The minimum absolute atomic E-state index is 0.127. The van der Waals surface area contributed by atoms with Crippen LogP contribution in [-0.2, 0) is 16.1 Å². The molecule has 26 heavy (non-hydrogen) atoms. The predicted octanol–water partition coefficient (Wildman–Crippen LogP) is 4.35. The maximum atomic E-state index is 11.8. The van der Waals surface area contributed by atoms with E-state index in [4.69, 9.17) is 9.47 Å². The average molecular weight is 343 g/mol. The molecule has 4 nitrogen and oxygen atoms in total. The Morgan fingerprint density at radius 2 is 1.58 bits per heavy atom. The van der Waals surface area contributed by atoms with E-state index < -0.39 is 5.97 Å². The third kappa shape index (κ3) is 4.49. The van der Waals surface area contributed by atoms with Gasteiger partial charge < -0.3 is 9.47 Å². The van der Waals surface area contributed by atoms with E-state index in [2.05, 4.69) is 6.07 Å². The summed E-state index contributed by atoms with van der Waals surface area (Å²) in [6.45, 7) is 0.0504. The number of ether oxygens (including phenoxy) is 2. The van der Waals surface area contributed by atoms with Gasteiger partial charge in [0.25, 0.3) is 0 Å². The molecule has 4 heteroatoms. The number of carbonyl (C=O) groups is 1. The zero-order valence-corrected chi connectivity index (χ0v) is 14.1. The van der Waals surface area contributed by atoms with Crippen LogP contribution in [-0.4, -0.2) is 12.6 Å². The molecular weight excluding hydrogens is 326 g/mol. The number of para-hydroxylation sites is 1. The van der Waals surface area contributed by atoms with Crippen molar-refractivity contribution >= 4 is 5.97 Å². The molecule has 3 aromatic rings. The largest absolute Gasteiger partial charge is 0.482 e. The Kier molecular flexibility index (Phi) is 5.64. The van der Waals surface area contributed by atoms with Gasteiger partial charge in [-0.05, 0) is 34.9 Å². The first kappa shape index (κ1) is 17.2. The molecule has 0 aliphatic rings. The lowest BCUT2D eigenvalue weighted by molar-refractivity contribution is -0.147. The van der Waals surface area contributed by atoms with Crippen LogP contribution in [0.15, 0.2) is 78.9 Å². The SMILES string of the molecule is N#Cc1ccccc1-c1ccc(COC(=O)COc2ccccc2)cc1. The van der Waals surface area contributed by atoms with Gasteiger partial charge >= 0.3 is 5.97 Å². The number of hydrogen-bond acceptors (Lipinski definition) is 4. The standard InChI is InChI=1S/C22H17NO3/c23-14-19-6-4-5-9-21(19)18-12-10-17(11-13-18)15-26-22(24)16-25-20-7-2-1-3-8-20/h1-13H,15-16H2. The van der Waals surface area contributed by atoms with Gasteiger partial charge in [0, 0.05) is 0 Å². The monoisotopic (exact) mass is 343 g/mol. The molecular formula is C22H17NO3.